The minimum atomic E-state index is -0.884. The second kappa shape index (κ2) is 8.21. The molecule has 1 saturated heterocycles. The highest BCUT2D eigenvalue weighted by molar-refractivity contribution is 5.85. The van der Waals surface area contributed by atoms with Crippen LogP contribution in [0.3, 0.4) is 0 Å². The maximum atomic E-state index is 13.3. The zero-order valence-electron chi connectivity index (χ0n) is 15.9. The van der Waals surface area contributed by atoms with Crippen molar-refractivity contribution in [3.8, 4) is 0 Å². The van der Waals surface area contributed by atoms with E-state index in [1.807, 2.05) is 19.9 Å². The lowest BCUT2D eigenvalue weighted by molar-refractivity contribution is -0.151. The van der Waals surface area contributed by atoms with Crippen LogP contribution in [0.2, 0.25) is 0 Å². The summed E-state index contributed by atoms with van der Waals surface area (Å²) in [5.74, 6) is -2.27. The third-order valence-corrected chi connectivity index (χ3v) is 5.88. The number of carboxylic acids is 1. The Kier molecular flexibility index (Phi) is 5.95. The number of carboxylic acid groups (broad SMARTS) is 1. The van der Waals surface area contributed by atoms with Crippen LogP contribution < -0.4 is 0 Å². The van der Waals surface area contributed by atoms with Gasteiger partial charge >= 0.3 is 5.97 Å². The summed E-state index contributed by atoms with van der Waals surface area (Å²) >= 11 is 0. The Balaban J connectivity index is 1.60. The molecule has 1 N–H and O–H groups in total. The summed E-state index contributed by atoms with van der Waals surface area (Å²) in [6.07, 6.45) is 0.988. The van der Waals surface area contributed by atoms with Crippen LogP contribution in [0.5, 0.6) is 0 Å². The van der Waals surface area contributed by atoms with Gasteiger partial charge in [0, 0.05) is 32.7 Å². The second-order valence-electron chi connectivity index (χ2n) is 7.75. The van der Waals surface area contributed by atoms with Crippen molar-refractivity contribution in [2.24, 2.45) is 11.8 Å². The van der Waals surface area contributed by atoms with Gasteiger partial charge < -0.3 is 10.0 Å². The lowest BCUT2D eigenvalue weighted by Gasteiger charge is -2.38. The van der Waals surface area contributed by atoms with Crippen molar-refractivity contribution in [2.45, 2.75) is 33.2 Å². The average Bonchev–Trinajstić information content (AvgIpc) is 2.63. The molecule has 1 heterocycles. The van der Waals surface area contributed by atoms with E-state index in [0.29, 0.717) is 45.6 Å². The number of nitrogens with zero attached hydrogens (tertiary/aromatic N) is 2. The topological polar surface area (TPSA) is 60.9 Å². The van der Waals surface area contributed by atoms with E-state index in [0.717, 1.165) is 16.7 Å². The quantitative estimate of drug-likeness (QED) is 0.824. The summed E-state index contributed by atoms with van der Waals surface area (Å²) in [7, 11) is 0. The SMILES string of the molecule is CC1=C(C)CC(C(=O)N2CCN(Cc3cccc(F)c3)CC2)C(C(=O)O)C1. The first-order chi connectivity index (χ1) is 12.8. The molecule has 2 unspecified atom stereocenters. The maximum Gasteiger partial charge on any atom is 0.307 e. The summed E-state index contributed by atoms with van der Waals surface area (Å²) in [5, 5.41) is 9.56. The van der Waals surface area contributed by atoms with Gasteiger partial charge in [-0.3, -0.25) is 14.5 Å². The van der Waals surface area contributed by atoms with Crippen LogP contribution in [0.4, 0.5) is 4.39 Å². The molecule has 3 rings (SSSR count). The summed E-state index contributed by atoms with van der Waals surface area (Å²) in [6.45, 7) is 7.18. The fraction of sp³-hybridized carbons (Fsp3) is 0.524. The third-order valence-electron chi connectivity index (χ3n) is 5.88. The molecule has 27 heavy (non-hydrogen) atoms. The van der Waals surface area contributed by atoms with Gasteiger partial charge in [-0.1, -0.05) is 23.3 Å². The number of amides is 1. The van der Waals surface area contributed by atoms with Gasteiger partial charge in [0.2, 0.25) is 5.91 Å². The Labute approximate surface area is 159 Å². The normalized spacial score (nSPS) is 24.2. The van der Waals surface area contributed by atoms with E-state index in [-0.39, 0.29) is 11.7 Å². The molecular weight excluding hydrogens is 347 g/mol. The highest BCUT2D eigenvalue weighted by Gasteiger charge is 2.39. The summed E-state index contributed by atoms with van der Waals surface area (Å²) < 4.78 is 13.3. The van der Waals surface area contributed by atoms with E-state index in [4.69, 9.17) is 0 Å². The highest BCUT2D eigenvalue weighted by atomic mass is 19.1. The van der Waals surface area contributed by atoms with Crippen LogP contribution in [0.1, 0.15) is 32.3 Å². The number of allylic oxidation sites excluding steroid dienone is 2. The molecule has 2 atom stereocenters. The molecule has 146 valence electrons. The minimum absolute atomic E-state index is 0.0420. The van der Waals surface area contributed by atoms with Crippen molar-refractivity contribution in [3.63, 3.8) is 0 Å². The zero-order chi connectivity index (χ0) is 19.6. The number of halogens is 1. The minimum Gasteiger partial charge on any atom is -0.481 e. The number of rotatable bonds is 4. The largest absolute Gasteiger partial charge is 0.481 e. The standard InChI is InChI=1S/C21H27FN2O3/c1-14-10-18(19(21(26)27)11-15(14)2)20(25)24-8-6-23(7-9-24)13-16-4-3-5-17(22)12-16/h3-5,12,18-19H,6-11,13H2,1-2H3,(H,26,27). The lowest BCUT2D eigenvalue weighted by Crippen LogP contribution is -2.51. The van der Waals surface area contributed by atoms with Crippen LogP contribution in [0.25, 0.3) is 0 Å². The molecule has 1 aromatic carbocycles. The summed E-state index contributed by atoms with van der Waals surface area (Å²) in [4.78, 5) is 28.7. The predicted molar refractivity (Wildman–Crippen MR) is 100 cm³/mol. The zero-order valence-corrected chi connectivity index (χ0v) is 15.9. The second-order valence-corrected chi connectivity index (χ2v) is 7.75. The van der Waals surface area contributed by atoms with Gasteiger partial charge in [-0.25, -0.2) is 4.39 Å². The van der Waals surface area contributed by atoms with Crippen molar-refractivity contribution in [2.75, 3.05) is 26.2 Å². The van der Waals surface area contributed by atoms with Gasteiger partial charge in [-0.2, -0.15) is 0 Å². The third kappa shape index (κ3) is 4.56. The number of aliphatic carboxylic acids is 1. The van der Waals surface area contributed by atoms with E-state index < -0.39 is 17.8 Å². The van der Waals surface area contributed by atoms with Crippen molar-refractivity contribution in [3.05, 3.63) is 46.8 Å². The molecule has 1 amide bonds. The fourth-order valence-electron chi connectivity index (χ4n) is 4.07. The maximum absolute atomic E-state index is 13.3. The van der Waals surface area contributed by atoms with E-state index >= 15 is 0 Å². The van der Waals surface area contributed by atoms with Gasteiger partial charge in [-0.05, 0) is 44.4 Å². The van der Waals surface area contributed by atoms with Gasteiger partial charge in [0.05, 0.1) is 11.8 Å². The van der Waals surface area contributed by atoms with Gasteiger partial charge in [0.1, 0.15) is 5.82 Å². The predicted octanol–water partition coefficient (Wildman–Crippen LogP) is 2.92. The number of carbonyl (C=O) groups excluding carboxylic acids is 1. The van der Waals surface area contributed by atoms with E-state index in [1.165, 1.54) is 12.1 Å². The molecule has 1 aliphatic heterocycles. The first-order valence-corrected chi connectivity index (χ1v) is 9.48. The Bertz CT molecular complexity index is 754. The summed E-state index contributed by atoms with van der Waals surface area (Å²) in [6, 6.07) is 6.57. The smallest absolute Gasteiger partial charge is 0.307 e. The molecule has 1 aromatic rings. The van der Waals surface area contributed by atoms with Crippen LogP contribution in [-0.4, -0.2) is 53.0 Å². The summed E-state index contributed by atoms with van der Waals surface area (Å²) in [5.41, 5.74) is 3.14. The Morgan fingerprint density at radius 1 is 1.07 bits per heavy atom. The molecular formula is C21H27FN2O3. The monoisotopic (exact) mass is 374 g/mol. The van der Waals surface area contributed by atoms with Crippen molar-refractivity contribution in [1.29, 1.82) is 0 Å². The van der Waals surface area contributed by atoms with Crippen LogP contribution in [0, 0.1) is 17.7 Å². The Hall–Kier alpha value is -2.21. The molecule has 0 bridgehead atoms. The molecule has 0 saturated carbocycles. The van der Waals surface area contributed by atoms with Crippen LogP contribution in [-0.2, 0) is 16.1 Å². The van der Waals surface area contributed by atoms with Crippen LogP contribution in [0.15, 0.2) is 35.4 Å². The average molecular weight is 374 g/mol. The Morgan fingerprint density at radius 2 is 1.70 bits per heavy atom. The molecule has 6 heteroatoms. The van der Waals surface area contributed by atoms with E-state index in [9.17, 15) is 19.1 Å². The van der Waals surface area contributed by atoms with Gasteiger partial charge in [0.15, 0.2) is 0 Å². The fourth-order valence-corrected chi connectivity index (χ4v) is 4.07. The molecule has 0 radical (unpaired) electrons. The Morgan fingerprint density at radius 3 is 2.30 bits per heavy atom. The lowest BCUT2D eigenvalue weighted by atomic mass is 9.76. The number of hydrogen-bond donors (Lipinski definition) is 1. The first-order valence-electron chi connectivity index (χ1n) is 9.48. The number of benzene rings is 1. The molecule has 1 fully saturated rings. The number of piperazine rings is 1. The van der Waals surface area contributed by atoms with Crippen LogP contribution >= 0.6 is 0 Å². The van der Waals surface area contributed by atoms with Crippen molar-refractivity contribution < 1.29 is 19.1 Å². The van der Waals surface area contributed by atoms with Crippen molar-refractivity contribution >= 4 is 11.9 Å². The molecule has 1 aliphatic carbocycles. The number of carbonyl (C=O) groups is 2. The molecule has 0 aromatic heterocycles. The molecule has 0 spiro atoms. The van der Waals surface area contributed by atoms with E-state index in [2.05, 4.69) is 4.90 Å². The van der Waals surface area contributed by atoms with E-state index in [1.54, 1.807) is 11.0 Å². The molecule has 2 aliphatic rings. The van der Waals surface area contributed by atoms with Gasteiger partial charge in [0.25, 0.3) is 0 Å². The van der Waals surface area contributed by atoms with Gasteiger partial charge in [-0.15, -0.1) is 0 Å². The van der Waals surface area contributed by atoms with Crippen molar-refractivity contribution in [1.82, 2.24) is 9.80 Å². The molecule has 5 nitrogen and oxygen atoms in total. The highest BCUT2D eigenvalue weighted by Crippen LogP contribution is 2.35. The number of hydrogen-bond acceptors (Lipinski definition) is 3. The first kappa shape index (κ1) is 19.5.